The summed E-state index contributed by atoms with van der Waals surface area (Å²) < 4.78 is 5.47. The molecule has 24 heavy (non-hydrogen) atoms. The fourth-order valence-corrected chi connectivity index (χ4v) is 3.27. The Morgan fingerprint density at radius 1 is 1.08 bits per heavy atom. The smallest absolute Gasteiger partial charge is 0.260 e. The standard InChI is InChI=1S/C17H19ClN2O4/c18-12-1-3-14(4-2-12)24-11-17(23)19-9-7-13(8-10-19)20-15(21)5-6-16(20)22/h1-4,13H,5-11H2. The Bertz CT molecular complexity index is 622. The molecule has 2 heterocycles. The average Bonchev–Trinajstić information content (AvgIpc) is 2.93. The molecule has 0 spiro atoms. The van der Waals surface area contributed by atoms with Gasteiger partial charge in [0.2, 0.25) is 11.8 Å². The number of imide groups is 1. The van der Waals surface area contributed by atoms with E-state index in [9.17, 15) is 14.4 Å². The van der Waals surface area contributed by atoms with Gasteiger partial charge >= 0.3 is 0 Å². The fourth-order valence-electron chi connectivity index (χ4n) is 3.14. The van der Waals surface area contributed by atoms with E-state index in [1.54, 1.807) is 29.2 Å². The van der Waals surface area contributed by atoms with Crippen molar-refractivity contribution in [3.05, 3.63) is 29.3 Å². The van der Waals surface area contributed by atoms with Gasteiger partial charge in [-0.15, -0.1) is 0 Å². The molecule has 0 radical (unpaired) electrons. The average molecular weight is 351 g/mol. The number of carbonyl (C=O) groups excluding carboxylic acids is 3. The minimum Gasteiger partial charge on any atom is -0.484 e. The number of hydrogen-bond donors (Lipinski definition) is 0. The van der Waals surface area contributed by atoms with Gasteiger partial charge in [-0.2, -0.15) is 0 Å². The molecule has 0 aromatic heterocycles. The maximum absolute atomic E-state index is 12.2. The van der Waals surface area contributed by atoms with Crippen LogP contribution in [0.4, 0.5) is 0 Å². The van der Waals surface area contributed by atoms with Gasteiger partial charge in [0, 0.05) is 37.0 Å². The maximum Gasteiger partial charge on any atom is 0.260 e. The van der Waals surface area contributed by atoms with Gasteiger partial charge in [-0.05, 0) is 37.1 Å². The van der Waals surface area contributed by atoms with E-state index in [1.807, 2.05) is 0 Å². The Hall–Kier alpha value is -2.08. The van der Waals surface area contributed by atoms with E-state index in [0.717, 1.165) is 0 Å². The number of likely N-dealkylation sites (tertiary alicyclic amines) is 2. The van der Waals surface area contributed by atoms with Crippen LogP contribution in [0.15, 0.2) is 24.3 Å². The lowest BCUT2D eigenvalue weighted by Crippen LogP contribution is -2.49. The van der Waals surface area contributed by atoms with Gasteiger partial charge in [-0.1, -0.05) is 11.6 Å². The molecule has 6 nitrogen and oxygen atoms in total. The fraction of sp³-hybridized carbons (Fsp3) is 0.471. The third-order valence-electron chi connectivity index (χ3n) is 4.45. The van der Waals surface area contributed by atoms with Crippen molar-refractivity contribution >= 4 is 29.3 Å². The first-order valence-corrected chi connectivity index (χ1v) is 8.43. The van der Waals surface area contributed by atoms with E-state index in [0.29, 0.717) is 49.5 Å². The number of carbonyl (C=O) groups is 3. The zero-order valence-corrected chi connectivity index (χ0v) is 14.0. The summed E-state index contributed by atoms with van der Waals surface area (Å²) in [6, 6.07) is 6.76. The van der Waals surface area contributed by atoms with Crippen molar-refractivity contribution in [1.29, 1.82) is 0 Å². The predicted octanol–water partition coefficient (Wildman–Crippen LogP) is 1.86. The first-order valence-electron chi connectivity index (χ1n) is 8.05. The molecule has 2 aliphatic heterocycles. The number of ether oxygens (including phenoxy) is 1. The van der Waals surface area contributed by atoms with Gasteiger partial charge in [0.25, 0.3) is 5.91 Å². The van der Waals surface area contributed by atoms with Crippen LogP contribution >= 0.6 is 11.6 Å². The van der Waals surface area contributed by atoms with E-state index < -0.39 is 0 Å². The summed E-state index contributed by atoms with van der Waals surface area (Å²) >= 11 is 5.80. The summed E-state index contributed by atoms with van der Waals surface area (Å²) in [5.41, 5.74) is 0. The van der Waals surface area contributed by atoms with Gasteiger partial charge in [0.15, 0.2) is 6.61 Å². The summed E-state index contributed by atoms with van der Waals surface area (Å²) in [7, 11) is 0. The van der Waals surface area contributed by atoms with E-state index in [4.69, 9.17) is 16.3 Å². The number of hydrogen-bond acceptors (Lipinski definition) is 4. The first kappa shape index (κ1) is 16.8. The molecular formula is C17H19ClN2O4. The minimum absolute atomic E-state index is 0.0339. The number of amides is 3. The Morgan fingerprint density at radius 2 is 1.67 bits per heavy atom. The van der Waals surface area contributed by atoms with E-state index >= 15 is 0 Å². The quantitative estimate of drug-likeness (QED) is 0.777. The van der Waals surface area contributed by atoms with Crippen LogP contribution in [0.1, 0.15) is 25.7 Å². The lowest BCUT2D eigenvalue weighted by Gasteiger charge is -2.35. The molecule has 0 bridgehead atoms. The van der Waals surface area contributed by atoms with Gasteiger partial charge < -0.3 is 9.64 Å². The Balaban J connectivity index is 1.47. The van der Waals surface area contributed by atoms with Crippen molar-refractivity contribution in [2.24, 2.45) is 0 Å². The summed E-state index contributed by atoms with van der Waals surface area (Å²) in [5, 5.41) is 0.613. The molecular weight excluding hydrogens is 332 g/mol. The molecule has 128 valence electrons. The lowest BCUT2D eigenvalue weighted by atomic mass is 10.0. The van der Waals surface area contributed by atoms with Crippen molar-refractivity contribution in [3.63, 3.8) is 0 Å². The summed E-state index contributed by atoms with van der Waals surface area (Å²) in [6.07, 6.45) is 1.88. The number of rotatable bonds is 4. The second-order valence-electron chi connectivity index (χ2n) is 6.01. The molecule has 1 aromatic rings. The predicted molar refractivity (Wildman–Crippen MR) is 87.6 cm³/mol. The number of nitrogens with zero attached hydrogens (tertiary/aromatic N) is 2. The highest BCUT2D eigenvalue weighted by atomic mass is 35.5. The van der Waals surface area contributed by atoms with Crippen molar-refractivity contribution in [2.75, 3.05) is 19.7 Å². The van der Waals surface area contributed by atoms with Crippen molar-refractivity contribution < 1.29 is 19.1 Å². The van der Waals surface area contributed by atoms with Crippen LogP contribution in [0, 0.1) is 0 Å². The third kappa shape index (κ3) is 3.70. The van der Waals surface area contributed by atoms with E-state index in [-0.39, 0.29) is 30.4 Å². The van der Waals surface area contributed by atoms with Crippen LogP contribution in [0.2, 0.25) is 5.02 Å². The van der Waals surface area contributed by atoms with Gasteiger partial charge in [0.1, 0.15) is 5.75 Å². The second kappa shape index (κ2) is 7.21. The number of benzene rings is 1. The molecule has 0 unspecified atom stereocenters. The SMILES string of the molecule is O=C(COc1ccc(Cl)cc1)N1CCC(N2C(=O)CCC2=O)CC1. The van der Waals surface area contributed by atoms with Crippen LogP contribution in [-0.2, 0) is 14.4 Å². The largest absolute Gasteiger partial charge is 0.484 e. The summed E-state index contributed by atoms with van der Waals surface area (Å²) in [5.74, 6) is 0.324. The van der Waals surface area contributed by atoms with Crippen LogP contribution in [0.3, 0.4) is 0 Å². The van der Waals surface area contributed by atoms with Gasteiger partial charge in [0.05, 0.1) is 0 Å². The zero-order valence-electron chi connectivity index (χ0n) is 13.2. The van der Waals surface area contributed by atoms with Crippen LogP contribution in [0.5, 0.6) is 5.75 Å². The molecule has 0 aliphatic carbocycles. The summed E-state index contributed by atoms with van der Waals surface area (Å²) in [4.78, 5) is 38.9. The highest BCUT2D eigenvalue weighted by Crippen LogP contribution is 2.23. The molecule has 2 fully saturated rings. The van der Waals surface area contributed by atoms with Crippen LogP contribution in [-0.4, -0.2) is 53.3 Å². The topological polar surface area (TPSA) is 66.9 Å². The van der Waals surface area contributed by atoms with Gasteiger partial charge in [-0.3, -0.25) is 19.3 Å². The molecule has 1 aromatic carbocycles. The molecule has 2 saturated heterocycles. The first-order chi connectivity index (χ1) is 11.5. The van der Waals surface area contributed by atoms with E-state index in [2.05, 4.69) is 0 Å². The highest BCUT2D eigenvalue weighted by Gasteiger charge is 2.37. The minimum atomic E-state index is -0.0949. The maximum atomic E-state index is 12.2. The second-order valence-corrected chi connectivity index (χ2v) is 6.45. The van der Waals surface area contributed by atoms with Crippen molar-refractivity contribution in [1.82, 2.24) is 9.80 Å². The van der Waals surface area contributed by atoms with Gasteiger partial charge in [-0.25, -0.2) is 0 Å². The monoisotopic (exact) mass is 350 g/mol. The molecule has 2 aliphatic rings. The Labute approximate surface area is 145 Å². The molecule has 0 atom stereocenters. The van der Waals surface area contributed by atoms with Crippen LogP contribution in [0.25, 0.3) is 0 Å². The summed E-state index contributed by atoms with van der Waals surface area (Å²) in [6.45, 7) is 1.03. The van der Waals surface area contributed by atoms with Crippen molar-refractivity contribution in [2.45, 2.75) is 31.7 Å². The molecule has 3 amide bonds. The Morgan fingerprint density at radius 3 is 2.25 bits per heavy atom. The molecule has 0 saturated carbocycles. The normalized spacial score (nSPS) is 19.0. The molecule has 7 heteroatoms. The van der Waals surface area contributed by atoms with Crippen LogP contribution < -0.4 is 4.74 Å². The number of piperidine rings is 1. The highest BCUT2D eigenvalue weighted by molar-refractivity contribution is 6.30. The third-order valence-corrected chi connectivity index (χ3v) is 4.70. The van der Waals surface area contributed by atoms with E-state index in [1.165, 1.54) is 4.90 Å². The van der Waals surface area contributed by atoms with Crippen molar-refractivity contribution in [3.8, 4) is 5.75 Å². The number of halogens is 1. The molecule has 3 rings (SSSR count). The molecule has 0 N–H and O–H groups in total. The Kier molecular flexibility index (Phi) is 5.04. The lowest BCUT2D eigenvalue weighted by molar-refractivity contribution is -0.143. The zero-order chi connectivity index (χ0) is 17.1.